The van der Waals surface area contributed by atoms with Gasteiger partial charge in [-0.1, -0.05) is 18.7 Å². The molecule has 0 saturated heterocycles. The zero-order valence-corrected chi connectivity index (χ0v) is 23.9. The number of hydrogen-bond acceptors (Lipinski definition) is 6. The number of benzene rings is 3. The van der Waals surface area contributed by atoms with Crippen molar-refractivity contribution in [1.29, 1.82) is 0 Å². The number of ether oxygens (including phenoxy) is 2. The number of carbonyl (C=O) groups is 1. The smallest absolute Gasteiger partial charge is 0.387 e. The lowest BCUT2D eigenvalue weighted by Crippen LogP contribution is -2.29. The van der Waals surface area contributed by atoms with Crippen LogP contribution in [0.4, 0.5) is 31.5 Å². The molecule has 8 nitrogen and oxygen atoms in total. The van der Waals surface area contributed by atoms with Crippen LogP contribution in [-0.4, -0.2) is 63.3 Å². The summed E-state index contributed by atoms with van der Waals surface area (Å²) in [5.74, 6) is 0.295. The average Bonchev–Trinajstić information content (AvgIpc) is 3.28. The number of hydrogen-bond donors (Lipinski definition) is 2. The molecule has 0 radical (unpaired) electrons. The monoisotopic (exact) mass is 563 g/mol. The molecule has 0 unspecified atom stereocenters. The van der Waals surface area contributed by atoms with Gasteiger partial charge >= 0.3 is 6.61 Å². The van der Waals surface area contributed by atoms with E-state index in [1.54, 1.807) is 13.2 Å². The first-order valence-corrected chi connectivity index (χ1v) is 13.0. The average molecular weight is 564 g/mol. The van der Waals surface area contributed by atoms with Gasteiger partial charge in [0.05, 0.1) is 29.7 Å². The number of aryl methyl sites for hydroxylation is 1. The van der Waals surface area contributed by atoms with Crippen LogP contribution in [0.25, 0.3) is 22.0 Å². The van der Waals surface area contributed by atoms with Gasteiger partial charge in [-0.3, -0.25) is 4.79 Å². The van der Waals surface area contributed by atoms with Crippen LogP contribution < -0.4 is 25.0 Å². The lowest BCUT2D eigenvalue weighted by molar-refractivity contribution is -0.111. The summed E-state index contributed by atoms with van der Waals surface area (Å²) < 4.78 is 39.4. The lowest BCUT2D eigenvalue weighted by Gasteiger charge is -2.26. The molecule has 216 valence electrons. The van der Waals surface area contributed by atoms with Crippen LogP contribution in [0.2, 0.25) is 0 Å². The van der Waals surface area contributed by atoms with E-state index in [1.165, 1.54) is 6.07 Å². The zero-order chi connectivity index (χ0) is 29.7. The predicted molar refractivity (Wildman–Crippen MR) is 162 cm³/mol. The van der Waals surface area contributed by atoms with Gasteiger partial charge in [0.25, 0.3) is 0 Å². The maximum Gasteiger partial charge on any atom is 0.387 e. The van der Waals surface area contributed by atoms with Crippen molar-refractivity contribution >= 4 is 39.6 Å². The molecule has 0 fully saturated rings. The number of halogens is 2. The van der Waals surface area contributed by atoms with Crippen molar-refractivity contribution in [2.75, 3.05) is 56.9 Å². The summed E-state index contributed by atoms with van der Waals surface area (Å²) in [6, 6.07) is 16.6. The predicted octanol–water partition coefficient (Wildman–Crippen LogP) is 6.32. The van der Waals surface area contributed by atoms with E-state index >= 15 is 0 Å². The van der Waals surface area contributed by atoms with Gasteiger partial charge in [0.1, 0.15) is 5.75 Å². The minimum Gasteiger partial charge on any atom is -0.497 e. The Bertz CT molecular complexity index is 1550. The zero-order valence-electron chi connectivity index (χ0n) is 23.9. The molecule has 0 aliphatic heterocycles. The normalized spacial score (nSPS) is 11.1. The Balaban J connectivity index is 1.75. The van der Waals surface area contributed by atoms with Crippen LogP contribution in [0.5, 0.6) is 11.5 Å². The van der Waals surface area contributed by atoms with Crippen LogP contribution in [0.1, 0.15) is 0 Å². The molecule has 0 atom stereocenters. The largest absolute Gasteiger partial charge is 0.497 e. The van der Waals surface area contributed by atoms with Gasteiger partial charge in [-0.2, -0.15) is 8.78 Å². The minimum absolute atomic E-state index is 0.0500. The van der Waals surface area contributed by atoms with Crippen LogP contribution in [0.15, 0.2) is 73.4 Å². The van der Waals surface area contributed by atoms with Crippen molar-refractivity contribution in [1.82, 2.24) is 9.47 Å². The number of methoxy groups -OCH3 is 1. The van der Waals surface area contributed by atoms with Gasteiger partial charge in [0.2, 0.25) is 5.91 Å². The highest BCUT2D eigenvalue weighted by Crippen LogP contribution is 2.40. The van der Waals surface area contributed by atoms with E-state index < -0.39 is 12.5 Å². The van der Waals surface area contributed by atoms with Crippen LogP contribution >= 0.6 is 0 Å². The number of alkyl halides is 2. The van der Waals surface area contributed by atoms with E-state index in [2.05, 4.69) is 17.2 Å². The molecule has 4 aromatic rings. The molecule has 0 spiro atoms. The topological polar surface area (TPSA) is 71.0 Å². The first-order valence-electron chi connectivity index (χ1n) is 13.0. The van der Waals surface area contributed by atoms with Gasteiger partial charge in [-0.05, 0) is 56.1 Å². The van der Waals surface area contributed by atoms with Crippen LogP contribution in [-0.2, 0) is 11.8 Å². The van der Waals surface area contributed by atoms with Gasteiger partial charge in [-0.15, -0.1) is 0 Å². The molecule has 0 saturated carbocycles. The third kappa shape index (κ3) is 6.96. The van der Waals surface area contributed by atoms with Crippen molar-refractivity contribution in [3.63, 3.8) is 0 Å². The van der Waals surface area contributed by atoms with Gasteiger partial charge in [-0.25, -0.2) is 0 Å². The fourth-order valence-electron chi connectivity index (χ4n) is 4.57. The summed E-state index contributed by atoms with van der Waals surface area (Å²) in [6.07, 6.45) is 3.19. The maximum atomic E-state index is 13.5. The van der Waals surface area contributed by atoms with E-state index in [1.807, 2.05) is 91.2 Å². The highest BCUT2D eigenvalue weighted by Gasteiger charge is 2.19. The second kappa shape index (κ2) is 12.7. The molecule has 0 aliphatic carbocycles. The Morgan fingerprint density at radius 3 is 2.54 bits per heavy atom. The van der Waals surface area contributed by atoms with Crippen molar-refractivity contribution in [3.8, 4) is 22.6 Å². The Morgan fingerprint density at radius 2 is 1.85 bits per heavy atom. The Labute approximate surface area is 238 Å². The number of rotatable bonds is 12. The Hall–Kier alpha value is -4.57. The molecule has 0 bridgehead atoms. The van der Waals surface area contributed by atoms with E-state index in [4.69, 9.17) is 9.47 Å². The highest BCUT2D eigenvalue weighted by molar-refractivity contribution is 6.02. The summed E-state index contributed by atoms with van der Waals surface area (Å²) in [4.78, 5) is 16.1. The molecule has 4 rings (SSSR count). The highest BCUT2D eigenvalue weighted by atomic mass is 19.3. The number of nitrogens with zero attached hydrogens (tertiary/aromatic N) is 3. The first-order chi connectivity index (χ1) is 19.6. The molecule has 0 aliphatic rings. The fraction of sp³-hybridized carbons (Fsp3) is 0.258. The summed E-state index contributed by atoms with van der Waals surface area (Å²) in [5, 5.41) is 7.06. The summed E-state index contributed by atoms with van der Waals surface area (Å²) in [7, 11) is 9.31. The van der Waals surface area contributed by atoms with Crippen molar-refractivity contribution in [2.24, 2.45) is 7.05 Å². The molecule has 1 heterocycles. The molecular weight excluding hydrogens is 528 g/mol. The minimum atomic E-state index is -3.04. The Kier molecular flexibility index (Phi) is 9.14. The van der Waals surface area contributed by atoms with Gasteiger partial charge in [0, 0.05) is 62.2 Å². The van der Waals surface area contributed by atoms with E-state index in [0.717, 1.165) is 33.9 Å². The van der Waals surface area contributed by atoms with Crippen LogP contribution in [0.3, 0.4) is 0 Å². The first kappa shape index (κ1) is 29.4. The molecule has 2 N–H and O–H groups in total. The van der Waals surface area contributed by atoms with Gasteiger partial charge < -0.3 is 34.5 Å². The van der Waals surface area contributed by atoms with Crippen molar-refractivity contribution in [2.45, 2.75) is 6.61 Å². The number of fused-ring (bicyclic) bond motifs is 1. The van der Waals surface area contributed by atoms with Crippen molar-refractivity contribution in [3.05, 3.63) is 73.4 Å². The lowest BCUT2D eigenvalue weighted by atomic mass is 10.0. The van der Waals surface area contributed by atoms with E-state index in [0.29, 0.717) is 30.2 Å². The summed E-state index contributed by atoms with van der Waals surface area (Å²) in [5.41, 5.74) is 4.84. The number of nitrogens with one attached hydrogen (secondary N) is 2. The second-order valence-corrected chi connectivity index (χ2v) is 9.90. The summed E-state index contributed by atoms with van der Waals surface area (Å²) >= 11 is 0. The van der Waals surface area contributed by atoms with Crippen LogP contribution in [0, 0.1) is 0 Å². The number of likely N-dealkylation sites (N-methyl/N-ethyl adjacent to an activating group) is 2. The second-order valence-electron chi connectivity index (χ2n) is 9.90. The summed E-state index contributed by atoms with van der Waals surface area (Å²) in [6.45, 7) is 1.79. The number of anilines is 4. The molecule has 1 amide bonds. The molecule has 10 heteroatoms. The fourth-order valence-corrected chi connectivity index (χ4v) is 4.57. The van der Waals surface area contributed by atoms with E-state index in [-0.39, 0.29) is 11.4 Å². The number of aromatic nitrogens is 1. The molecular formula is C31H35F2N5O3. The Morgan fingerprint density at radius 1 is 1.07 bits per heavy atom. The molecule has 3 aromatic carbocycles. The van der Waals surface area contributed by atoms with Gasteiger partial charge in [0.15, 0.2) is 5.75 Å². The quantitative estimate of drug-likeness (QED) is 0.197. The molecule has 1 aromatic heterocycles. The third-order valence-electron chi connectivity index (χ3n) is 6.70. The number of carbonyl (C=O) groups excluding carboxylic acids is 1. The third-order valence-corrected chi connectivity index (χ3v) is 6.70. The maximum absolute atomic E-state index is 13.5. The van der Waals surface area contributed by atoms with Crippen molar-refractivity contribution < 1.29 is 23.0 Å². The SMILES string of the molecule is C=CC(=O)Nc1cc(Nc2cccc(-c3cn(C)c4cc(OC)ccc34)c2)c(OC(F)F)cc1N(C)CCN(C)C. The standard InChI is InChI=1S/C31H35F2N5O3/c1-7-30(39)35-25-17-26(29(41-31(32)33)18-28(25)37(4)14-13-36(2)3)34-21-10-8-9-20(15-21)24-19-38(5)27-16-22(40-6)11-12-23(24)27/h7-12,15-19,31,34H,1,13-14H2,2-6H3,(H,35,39). The number of amides is 1. The molecule has 41 heavy (non-hydrogen) atoms. The van der Waals surface area contributed by atoms with E-state index in [9.17, 15) is 13.6 Å².